The molecule has 1 aromatic heterocycles. The van der Waals surface area contributed by atoms with Gasteiger partial charge in [-0.15, -0.1) is 0 Å². The summed E-state index contributed by atoms with van der Waals surface area (Å²) in [5.41, 5.74) is 1.02. The number of methoxy groups -OCH3 is 1. The average Bonchev–Trinajstić information content (AvgIpc) is 2.15. The number of nitrogens with one attached hydrogen (secondary N) is 1. The molecule has 1 rings (SSSR count). The Hall–Kier alpha value is -0.930. The van der Waals surface area contributed by atoms with Crippen LogP contribution in [0.5, 0.6) is 0 Å². The van der Waals surface area contributed by atoms with E-state index in [1.807, 2.05) is 25.2 Å². The highest BCUT2D eigenvalue weighted by Gasteiger charge is 2.08. The van der Waals surface area contributed by atoms with E-state index in [0.29, 0.717) is 6.61 Å². The van der Waals surface area contributed by atoms with Crippen LogP contribution in [0.2, 0.25) is 0 Å². The fourth-order valence-electron chi connectivity index (χ4n) is 1.07. The first kappa shape index (κ1) is 9.16. The van der Waals surface area contributed by atoms with E-state index < -0.39 is 0 Å². The predicted molar refractivity (Wildman–Crippen MR) is 47.9 cm³/mol. The summed E-state index contributed by atoms with van der Waals surface area (Å²) >= 11 is 0. The number of nitrogens with zero attached hydrogens (tertiary/aromatic N) is 1. The van der Waals surface area contributed by atoms with Gasteiger partial charge in [0.25, 0.3) is 0 Å². The summed E-state index contributed by atoms with van der Waals surface area (Å²) in [6.07, 6.45) is 1.79. The molecule has 0 saturated carbocycles. The minimum atomic E-state index is 0.191. The largest absolute Gasteiger partial charge is 0.383 e. The van der Waals surface area contributed by atoms with Crippen molar-refractivity contribution in [1.29, 1.82) is 0 Å². The lowest BCUT2D eigenvalue weighted by Crippen LogP contribution is -2.21. The first-order chi connectivity index (χ1) is 5.88. The van der Waals surface area contributed by atoms with Gasteiger partial charge in [-0.2, -0.15) is 0 Å². The molecular formula is C9H14N2O. The minimum absolute atomic E-state index is 0.191. The molecule has 0 saturated heterocycles. The Kier molecular flexibility index (Phi) is 3.70. The second-order valence-corrected chi connectivity index (χ2v) is 2.55. The Morgan fingerprint density at radius 2 is 2.42 bits per heavy atom. The molecule has 3 heteroatoms. The van der Waals surface area contributed by atoms with Crippen molar-refractivity contribution in [3.63, 3.8) is 0 Å². The molecule has 0 unspecified atom stereocenters. The first-order valence-corrected chi connectivity index (χ1v) is 3.95. The molecule has 0 amide bonds. The molecule has 0 radical (unpaired) electrons. The van der Waals surface area contributed by atoms with Gasteiger partial charge in [-0.05, 0) is 19.2 Å². The highest BCUT2D eigenvalue weighted by atomic mass is 16.5. The number of ether oxygens (including phenoxy) is 1. The Morgan fingerprint density at radius 3 is 2.92 bits per heavy atom. The van der Waals surface area contributed by atoms with Gasteiger partial charge in [0.15, 0.2) is 0 Å². The van der Waals surface area contributed by atoms with E-state index in [0.717, 1.165) is 5.69 Å². The topological polar surface area (TPSA) is 34.1 Å². The first-order valence-electron chi connectivity index (χ1n) is 3.95. The zero-order chi connectivity index (χ0) is 8.81. The summed E-state index contributed by atoms with van der Waals surface area (Å²) in [5.74, 6) is 0. The maximum atomic E-state index is 5.05. The summed E-state index contributed by atoms with van der Waals surface area (Å²) in [5, 5.41) is 3.13. The van der Waals surface area contributed by atoms with Crippen LogP contribution in [0.15, 0.2) is 24.4 Å². The lowest BCUT2D eigenvalue weighted by molar-refractivity contribution is 0.169. The molecule has 0 aliphatic heterocycles. The molecule has 12 heavy (non-hydrogen) atoms. The average molecular weight is 166 g/mol. The molecular weight excluding hydrogens is 152 g/mol. The maximum absolute atomic E-state index is 5.05. The highest BCUT2D eigenvalue weighted by Crippen LogP contribution is 2.07. The van der Waals surface area contributed by atoms with Crippen molar-refractivity contribution in [1.82, 2.24) is 10.3 Å². The third-order valence-corrected chi connectivity index (χ3v) is 1.73. The highest BCUT2D eigenvalue weighted by molar-refractivity contribution is 5.08. The number of aromatic nitrogens is 1. The molecule has 1 atom stereocenters. The number of rotatable bonds is 4. The fraction of sp³-hybridized carbons (Fsp3) is 0.444. The summed E-state index contributed by atoms with van der Waals surface area (Å²) in [6, 6.07) is 6.06. The normalized spacial score (nSPS) is 12.8. The van der Waals surface area contributed by atoms with Crippen molar-refractivity contribution in [2.45, 2.75) is 6.04 Å². The number of hydrogen-bond donors (Lipinski definition) is 1. The van der Waals surface area contributed by atoms with Gasteiger partial charge in [0.2, 0.25) is 0 Å². The quantitative estimate of drug-likeness (QED) is 0.724. The van der Waals surface area contributed by atoms with Crippen LogP contribution in [0.3, 0.4) is 0 Å². The lowest BCUT2D eigenvalue weighted by atomic mass is 10.2. The number of pyridine rings is 1. The van der Waals surface area contributed by atoms with Gasteiger partial charge in [-0.1, -0.05) is 6.07 Å². The third-order valence-electron chi connectivity index (χ3n) is 1.73. The molecule has 1 aromatic rings. The van der Waals surface area contributed by atoms with Crippen LogP contribution < -0.4 is 5.32 Å². The Labute approximate surface area is 72.8 Å². The smallest absolute Gasteiger partial charge is 0.0730 e. The van der Waals surface area contributed by atoms with Crippen LogP contribution in [0.4, 0.5) is 0 Å². The van der Waals surface area contributed by atoms with Crippen LogP contribution >= 0.6 is 0 Å². The van der Waals surface area contributed by atoms with E-state index in [-0.39, 0.29) is 6.04 Å². The standard InChI is InChI=1S/C9H14N2O/c1-10-9(7-12-2)8-5-3-4-6-11-8/h3-6,9-10H,7H2,1-2H3/t9-/m0/s1. The second-order valence-electron chi connectivity index (χ2n) is 2.55. The molecule has 0 spiro atoms. The zero-order valence-corrected chi connectivity index (χ0v) is 7.45. The van der Waals surface area contributed by atoms with Gasteiger partial charge in [0.1, 0.15) is 0 Å². The van der Waals surface area contributed by atoms with Crippen molar-refractivity contribution in [2.75, 3.05) is 20.8 Å². The molecule has 1 heterocycles. The van der Waals surface area contributed by atoms with E-state index >= 15 is 0 Å². The van der Waals surface area contributed by atoms with Gasteiger partial charge in [-0.3, -0.25) is 4.98 Å². The van der Waals surface area contributed by atoms with Gasteiger partial charge in [0.05, 0.1) is 18.3 Å². The molecule has 66 valence electrons. The molecule has 0 bridgehead atoms. The molecule has 0 aromatic carbocycles. The van der Waals surface area contributed by atoms with Crippen LogP contribution in [-0.4, -0.2) is 25.7 Å². The monoisotopic (exact) mass is 166 g/mol. The molecule has 1 N–H and O–H groups in total. The van der Waals surface area contributed by atoms with Crippen molar-refractivity contribution < 1.29 is 4.74 Å². The number of likely N-dealkylation sites (N-methyl/N-ethyl adjacent to an activating group) is 1. The SMILES string of the molecule is CN[C@@H](COC)c1ccccn1. The molecule has 0 aliphatic rings. The van der Waals surface area contributed by atoms with E-state index in [1.165, 1.54) is 0 Å². The van der Waals surface area contributed by atoms with Crippen LogP contribution in [0.25, 0.3) is 0 Å². The fourth-order valence-corrected chi connectivity index (χ4v) is 1.07. The summed E-state index contributed by atoms with van der Waals surface area (Å²) in [4.78, 5) is 4.23. The van der Waals surface area contributed by atoms with E-state index in [9.17, 15) is 0 Å². The number of hydrogen-bond acceptors (Lipinski definition) is 3. The summed E-state index contributed by atoms with van der Waals surface area (Å²) in [6.45, 7) is 0.646. The van der Waals surface area contributed by atoms with Gasteiger partial charge >= 0.3 is 0 Å². The molecule has 3 nitrogen and oxygen atoms in total. The second kappa shape index (κ2) is 4.85. The maximum Gasteiger partial charge on any atom is 0.0730 e. The van der Waals surface area contributed by atoms with Crippen molar-refractivity contribution in [2.24, 2.45) is 0 Å². The molecule has 0 fully saturated rings. The van der Waals surface area contributed by atoms with Gasteiger partial charge < -0.3 is 10.1 Å². The van der Waals surface area contributed by atoms with Crippen LogP contribution in [0, 0.1) is 0 Å². The Morgan fingerprint density at radius 1 is 1.58 bits per heavy atom. The van der Waals surface area contributed by atoms with E-state index in [1.54, 1.807) is 13.3 Å². The Bertz CT molecular complexity index is 213. The van der Waals surface area contributed by atoms with Crippen molar-refractivity contribution >= 4 is 0 Å². The molecule has 0 aliphatic carbocycles. The third kappa shape index (κ3) is 2.29. The zero-order valence-electron chi connectivity index (χ0n) is 7.45. The minimum Gasteiger partial charge on any atom is -0.383 e. The van der Waals surface area contributed by atoms with E-state index in [2.05, 4.69) is 10.3 Å². The van der Waals surface area contributed by atoms with Crippen molar-refractivity contribution in [3.8, 4) is 0 Å². The Balaban J connectivity index is 2.66. The summed E-state index contributed by atoms with van der Waals surface area (Å²) < 4.78 is 5.05. The van der Waals surface area contributed by atoms with Crippen molar-refractivity contribution in [3.05, 3.63) is 30.1 Å². The van der Waals surface area contributed by atoms with Gasteiger partial charge in [0, 0.05) is 13.3 Å². The van der Waals surface area contributed by atoms with Crippen LogP contribution in [-0.2, 0) is 4.74 Å². The van der Waals surface area contributed by atoms with Gasteiger partial charge in [-0.25, -0.2) is 0 Å². The van der Waals surface area contributed by atoms with Crippen LogP contribution in [0.1, 0.15) is 11.7 Å². The van der Waals surface area contributed by atoms with E-state index in [4.69, 9.17) is 4.74 Å². The predicted octanol–water partition coefficient (Wildman–Crippen LogP) is 0.988. The summed E-state index contributed by atoms with van der Waals surface area (Å²) in [7, 11) is 3.59. The lowest BCUT2D eigenvalue weighted by Gasteiger charge is -2.13.